The van der Waals surface area contributed by atoms with E-state index in [4.69, 9.17) is 16.3 Å². The van der Waals surface area contributed by atoms with Gasteiger partial charge in [0.1, 0.15) is 5.82 Å². The van der Waals surface area contributed by atoms with Crippen LogP contribution in [0.4, 0.5) is 4.39 Å². The molecule has 3 aromatic rings. The Morgan fingerprint density at radius 3 is 2.53 bits per heavy atom. The number of nitrogens with zero attached hydrogens (tertiary/aromatic N) is 3. The summed E-state index contributed by atoms with van der Waals surface area (Å²) in [6, 6.07) is 10.2. The monoisotopic (exact) mass is 520 g/mol. The van der Waals surface area contributed by atoms with Crippen molar-refractivity contribution in [1.82, 2.24) is 20.5 Å². The highest BCUT2D eigenvalue weighted by atomic mass is 35.5. The van der Waals surface area contributed by atoms with E-state index in [0.29, 0.717) is 26.6 Å². The number of carbonyl (C=O) groups is 3. The number of hydrogen-bond donors (Lipinski definition) is 3. The van der Waals surface area contributed by atoms with Crippen LogP contribution in [0.2, 0.25) is 5.02 Å². The minimum atomic E-state index is -1.65. The quantitative estimate of drug-likeness (QED) is 0.207. The van der Waals surface area contributed by atoms with E-state index >= 15 is 0 Å². The van der Waals surface area contributed by atoms with Crippen molar-refractivity contribution in [1.29, 1.82) is 0 Å². The molecule has 0 saturated carbocycles. The molecule has 2 aromatic carbocycles. The molecule has 0 saturated heterocycles. The number of amides is 1. The number of benzene rings is 2. The first kappa shape index (κ1) is 26.6. The van der Waals surface area contributed by atoms with Crippen molar-refractivity contribution in [2.75, 3.05) is 6.79 Å². The van der Waals surface area contributed by atoms with E-state index in [9.17, 15) is 29.1 Å². The van der Waals surface area contributed by atoms with Crippen LogP contribution in [0.5, 0.6) is 0 Å². The van der Waals surface area contributed by atoms with Gasteiger partial charge in [0.15, 0.2) is 11.8 Å². The first-order chi connectivity index (χ1) is 17.1. The van der Waals surface area contributed by atoms with Crippen molar-refractivity contribution in [2.45, 2.75) is 31.9 Å². The van der Waals surface area contributed by atoms with E-state index in [1.165, 1.54) is 18.2 Å². The molecular weight excluding hydrogens is 499 g/mol. The van der Waals surface area contributed by atoms with Gasteiger partial charge in [-0.25, -0.2) is 9.18 Å². The van der Waals surface area contributed by atoms with Crippen molar-refractivity contribution in [2.24, 2.45) is 0 Å². The Balaban J connectivity index is 1.73. The predicted molar refractivity (Wildman–Crippen MR) is 122 cm³/mol. The highest BCUT2D eigenvalue weighted by Crippen LogP contribution is 2.26. The molecule has 13 heteroatoms. The predicted octanol–water partition coefficient (Wildman–Crippen LogP) is 2.13. The number of aliphatic hydroxyl groups is 1. The molecule has 0 aliphatic rings. The number of rotatable bonds is 10. The van der Waals surface area contributed by atoms with E-state index in [2.05, 4.69) is 20.4 Å². The highest BCUT2D eigenvalue weighted by molar-refractivity contribution is 6.30. The number of aromatic nitrogens is 3. The first-order valence-electron chi connectivity index (χ1n) is 10.6. The van der Waals surface area contributed by atoms with E-state index in [1.54, 1.807) is 24.3 Å². The van der Waals surface area contributed by atoms with Crippen LogP contribution in [0.15, 0.2) is 48.7 Å². The number of carbonyl (C=O) groups excluding carboxylic acids is 3. The molecule has 1 heterocycles. The Kier molecular flexibility index (Phi) is 8.92. The summed E-state index contributed by atoms with van der Waals surface area (Å²) in [5, 5.41) is 29.3. The lowest BCUT2D eigenvalue weighted by molar-refractivity contribution is -0.172. The SMILES string of the molecule is CC(=O)OCOC(=O)C(O)C[C@@H](Cc1ccc(-c2cc(Cl)ccc2F)cc1)NC(=O)c1cn(O)nn1. The zero-order valence-electron chi connectivity index (χ0n) is 18.9. The number of aliphatic hydroxyl groups excluding tert-OH is 1. The Labute approximate surface area is 209 Å². The molecule has 0 spiro atoms. The second-order valence-corrected chi connectivity index (χ2v) is 8.12. The number of ether oxygens (including phenoxy) is 2. The Hall–Kier alpha value is -4.03. The maximum atomic E-state index is 14.2. The molecule has 0 aliphatic carbocycles. The van der Waals surface area contributed by atoms with E-state index < -0.39 is 42.6 Å². The third kappa shape index (κ3) is 7.48. The van der Waals surface area contributed by atoms with Crippen molar-refractivity contribution in [3.63, 3.8) is 0 Å². The molecule has 0 radical (unpaired) electrons. The van der Waals surface area contributed by atoms with E-state index in [0.717, 1.165) is 13.1 Å². The van der Waals surface area contributed by atoms with Gasteiger partial charge in [-0.3, -0.25) is 9.59 Å². The first-order valence-corrected chi connectivity index (χ1v) is 10.9. The summed E-state index contributed by atoms with van der Waals surface area (Å²) in [5.41, 5.74) is 1.39. The molecule has 11 nitrogen and oxygen atoms in total. The van der Waals surface area contributed by atoms with Crippen LogP contribution in [-0.2, 0) is 25.5 Å². The second kappa shape index (κ2) is 12.1. The van der Waals surface area contributed by atoms with E-state index in [-0.39, 0.29) is 18.5 Å². The molecule has 190 valence electrons. The summed E-state index contributed by atoms with van der Waals surface area (Å²) >= 11 is 5.97. The molecule has 1 unspecified atom stereocenters. The Morgan fingerprint density at radius 2 is 1.89 bits per heavy atom. The fourth-order valence-electron chi connectivity index (χ4n) is 3.27. The lowest BCUT2D eigenvalue weighted by Crippen LogP contribution is -2.41. The maximum absolute atomic E-state index is 14.2. The van der Waals surface area contributed by atoms with Gasteiger partial charge >= 0.3 is 11.9 Å². The molecule has 0 aliphatic heterocycles. The lowest BCUT2D eigenvalue weighted by atomic mass is 9.97. The van der Waals surface area contributed by atoms with E-state index in [1.807, 2.05) is 0 Å². The van der Waals surface area contributed by atoms with Gasteiger partial charge in [0, 0.05) is 30.0 Å². The average molecular weight is 521 g/mol. The molecule has 3 rings (SSSR count). The molecule has 2 atom stereocenters. The lowest BCUT2D eigenvalue weighted by Gasteiger charge is -2.21. The van der Waals surface area contributed by atoms with Crippen LogP contribution in [-0.4, -0.2) is 62.3 Å². The summed E-state index contributed by atoms with van der Waals surface area (Å²) in [6.07, 6.45) is -0.780. The van der Waals surface area contributed by atoms with Gasteiger partial charge < -0.3 is 25.1 Å². The van der Waals surface area contributed by atoms with Crippen molar-refractivity contribution in [3.8, 4) is 11.1 Å². The normalized spacial score (nSPS) is 12.4. The second-order valence-electron chi connectivity index (χ2n) is 7.69. The molecule has 0 fully saturated rings. The standard InChI is InChI=1S/C23H22ClFN4O7/c1-13(30)35-12-36-23(33)21(31)10-17(26-22(32)20-11-29(34)28-27-20)8-14-2-4-15(5-3-14)18-9-16(24)6-7-19(18)25/h2-7,9,11,17,21,31,34H,8,10,12H2,1H3,(H,26,32)/t17-,21?/m1/s1. The summed E-state index contributed by atoms with van der Waals surface area (Å²) in [7, 11) is 0. The summed E-state index contributed by atoms with van der Waals surface area (Å²) in [6.45, 7) is 0.466. The van der Waals surface area contributed by atoms with Gasteiger partial charge in [-0.2, -0.15) is 0 Å². The Morgan fingerprint density at radius 1 is 1.17 bits per heavy atom. The molecule has 1 aromatic heterocycles. The van der Waals surface area contributed by atoms with Gasteiger partial charge in [-0.15, -0.1) is 5.10 Å². The molecule has 3 N–H and O–H groups in total. The summed E-state index contributed by atoms with van der Waals surface area (Å²) in [4.78, 5) is 35.7. The van der Waals surface area contributed by atoms with Crippen molar-refractivity contribution in [3.05, 3.63) is 70.8 Å². The van der Waals surface area contributed by atoms with Gasteiger partial charge in [-0.05, 0) is 41.0 Å². The van der Waals surface area contributed by atoms with Crippen LogP contribution >= 0.6 is 11.6 Å². The zero-order chi connectivity index (χ0) is 26.2. The smallest absolute Gasteiger partial charge is 0.337 e. The number of nitrogens with one attached hydrogen (secondary N) is 1. The highest BCUT2D eigenvalue weighted by Gasteiger charge is 2.25. The number of halogens is 2. The van der Waals surface area contributed by atoms with Crippen LogP contribution in [0.1, 0.15) is 29.4 Å². The Bertz CT molecular complexity index is 1240. The largest absolute Gasteiger partial charge is 0.428 e. The van der Waals surface area contributed by atoms with Crippen LogP contribution in [0.3, 0.4) is 0 Å². The number of esters is 2. The summed E-state index contributed by atoms with van der Waals surface area (Å²) in [5.74, 6) is -2.87. The molecule has 0 bridgehead atoms. The molecular formula is C23H22ClFN4O7. The van der Waals surface area contributed by atoms with Crippen LogP contribution in [0.25, 0.3) is 11.1 Å². The average Bonchev–Trinajstić information content (AvgIpc) is 3.27. The minimum absolute atomic E-state index is 0.158. The van der Waals surface area contributed by atoms with Gasteiger partial charge in [-0.1, -0.05) is 40.7 Å². The third-order valence-corrected chi connectivity index (χ3v) is 5.20. The van der Waals surface area contributed by atoms with Gasteiger partial charge in [0.25, 0.3) is 5.91 Å². The minimum Gasteiger partial charge on any atom is -0.428 e. The molecule has 36 heavy (non-hydrogen) atoms. The van der Waals surface area contributed by atoms with Crippen molar-refractivity contribution >= 4 is 29.4 Å². The van der Waals surface area contributed by atoms with Gasteiger partial charge in [0.05, 0.1) is 6.20 Å². The fraction of sp³-hybridized carbons (Fsp3) is 0.261. The maximum Gasteiger partial charge on any atom is 0.337 e. The topological polar surface area (TPSA) is 153 Å². The van der Waals surface area contributed by atoms with Crippen molar-refractivity contribution < 1.29 is 38.6 Å². The van der Waals surface area contributed by atoms with Crippen LogP contribution < -0.4 is 5.32 Å². The third-order valence-electron chi connectivity index (χ3n) is 4.97. The van der Waals surface area contributed by atoms with Gasteiger partial charge in [0.2, 0.25) is 6.79 Å². The number of hydrogen-bond acceptors (Lipinski definition) is 9. The fourth-order valence-corrected chi connectivity index (χ4v) is 3.44. The zero-order valence-corrected chi connectivity index (χ0v) is 19.7. The van der Waals surface area contributed by atoms with Crippen LogP contribution in [0, 0.1) is 5.82 Å². The molecule has 1 amide bonds. The summed E-state index contributed by atoms with van der Waals surface area (Å²) < 4.78 is 23.4.